The lowest BCUT2D eigenvalue weighted by Crippen LogP contribution is -2.38. The third kappa shape index (κ3) is 3.90. The number of fused-ring (bicyclic) bond motifs is 1. The van der Waals surface area contributed by atoms with Crippen molar-refractivity contribution in [1.29, 1.82) is 0 Å². The Hall–Kier alpha value is -3.88. The quantitative estimate of drug-likeness (QED) is 0.469. The highest BCUT2D eigenvalue weighted by atomic mass is 32.1. The number of hydrogen-bond acceptors (Lipinski definition) is 8. The Morgan fingerprint density at radius 1 is 1.12 bits per heavy atom. The van der Waals surface area contributed by atoms with E-state index in [1.807, 2.05) is 0 Å². The molecule has 0 spiro atoms. The van der Waals surface area contributed by atoms with Crippen molar-refractivity contribution < 1.29 is 18.0 Å². The van der Waals surface area contributed by atoms with Gasteiger partial charge in [0.05, 0.1) is 12.0 Å². The molecule has 11 nitrogen and oxygen atoms in total. The zero-order chi connectivity index (χ0) is 24.1. The number of amides is 1. The molecule has 0 aromatic carbocycles. The zero-order valence-electron chi connectivity index (χ0n) is 17.3. The molecule has 15 heteroatoms. The summed E-state index contributed by atoms with van der Waals surface area (Å²) in [7, 11) is 2.79. The number of hydrogen-bond donors (Lipinski definition) is 1. The van der Waals surface area contributed by atoms with E-state index < -0.39 is 35.2 Å². The third-order valence-corrected chi connectivity index (χ3v) is 5.66. The number of nitrogens with one attached hydrogen (secondary N) is 1. The van der Waals surface area contributed by atoms with Gasteiger partial charge in [-0.15, -0.1) is 11.3 Å². The number of nitrogens with zero attached hydrogens (tertiary/aromatic N) is 7. The van der Waals surface area contributed by atoms with E-state index in [2.05, 4.69) is 25.3 Å². The second-order valence-corrected chi connectivity index (χ2v) is 7.88. The topological polar surface area (TPSA) is 130 Å². The SMILES string of the molecule is C[C@@H](C(=O)Nc1nc(-c2cnc(C(F)(F)F)nc2)cs1)n1cnc2c1c(=O)n(C)c(=O)n2C. The number of anilines is 1. The minimum atomic E-state index is -4.65. The summed E-state index contributed by atoms with van der Waals surface area (Å²) in [5.74, 6) is -1.78. The van der Waals surface area contributed by atoms with Crippen LogP contribution in [0.15, 0.2) is 33.7 Å². The number of alkyl halides is 3. The van der Waals surface area contributed by atoms with Crippen LogP contribution >= 0.6 is 11.3 Å². The van der Waals surface area contributed by atoms with E-state index in [0.29, 0.717) is 0 Å². The number of aromatic nitrogens is 7. The molecule has 0 saturated heterocycles. The number of carbonyl (C=O) groups is 1. The molecule has 4 rings (SSSR count). The largest absolute Gasteiger partial charge is 0.451 e. The minimum absolute atomic E-state index is 0.0870. The van der Waals surface area contributed by atoms with Crippen LogP contribution in [0.5, 0.6) is 0 Å². The molecule has 1 N–H and O–H groups in total. The van der Waals surface area contributed by atoms with Gasteiger partial charge in [-0.3, -0.25) is 18.7 Å². The Kier molecular flexibility index (Phi) is 5.35. The lowest BCUT2D eigenvalue weighted by molar-refractivity contribution is -0.145. The van der Waals surface area contributed by atoms with Crippen LogP contribution in [0.25, 0.3) is 22.4 Å². The fraction of sp³-hybridized carbons (Fsp3) is 0.278. The number of rotatable bonds is 4. The Labute approximate surface area is 186 Å². The van der Waals surface area contributed by atoms with E-state index in [1.165, 1.54) is 34.9 Å². The summed E-state index contributed by atoms with van der Waals surface area (Å²) in [6, 6.07) is -0.887. The summed E-state index contributed by atoms with van der Waals surface area (Å²) in [4.78, 5) is 52.3. The number of halogens is 3. The first kappa shape index (κ1) is 22.3. The van der Waals surface area contributed by atoms with Crippen LogP contribution in [-0.2, 0) is 25.1 Å². The van der Waals surface area contributed by atoms with E-state index >= 15 is 0 Å². The molecular weight excluding hydrogens is 465 g/mol. The maximum atomic E-state index is 12.8. The summed E-state index contributed by atoms with van der Waals surface area (Å²) in [5, 5.41) is 4.32. The van der Waals surface area contributed by atoms with Gasteiger partial charge in [0.25, 0.3) is 5.56 Å². The predicted molar refractivity (Wildman–Crippen MR) is 112 cm³/mol. The molecule has 1 atom stereocenters. The summed E-state index contributed by atoms with van der Waals surface area (Å²) in [6.07, 6.45) is -1.36. The van der Waals surface area contributed by atoms with Crippen molar-refractivity contribution in [3.05, 3.63) is 50.8 Å². The Bertz CT molecular complexity index is 1480. The Balaban J connectivity index is 1.57. The first-order chi connectivity index (χ1) is 15.5. The molecule has 0 bridgehead atoms. The van der Waals surface area contributed by atoms with Crippen molar-refractivity contribution >= 4 is 33.5 Å². The molecule has 0 aliphatic rings. The van der Waals surface area contributed by atoms with Gasteiger partial charge in [0.1, 0.15) is 6.04 Å². The number of carbonyl (C=O) groups excluding carboxylic acids is 1. The fourth-order valence-electron chi connectivity index (χ4n) is 3.06. The molecule has 0 fully saturated rings. The van der Waals surface area contributed by atoms with Gasteiger partial charge in [-0.05, 0) is 6.92 Å². The Morgan fingerprint density at radius 3 is 2.42 bits per heavy atom. The maximum Gasteiger partial charge on any atom is 0.451 e. The van der Waals surface area contributed by atoms with E-state index in [9.17, 15) is 27.6 Å². The molecule has 4 heterocycles. The van der Waals surface area contributed by atoms with E-state index in [1.54, 1.807) is 6.92 Å². The van der Waals surface area contributed by atoms with Crippen molar-refractivity contribution in [2.45, 2.75) is 19.1 Å². The summed E-state index contributed by atoms with van der Waals surface area (Å²) in [6.45, 7) is 1.54. The molecule has 0 saturated carbocycles. The van der Waals surface area contributed by atoms with Crippen LogP contribution in [0.2, 0.25) is 0 Å². The summed E-state index contributed by atoms with van der Waals surface area (Å²) < 4.78 is 41.3. The standard InChI is InChI=1S/C18H15F3N8O3S/c1-8(29-7-24-12-11(29)14(31)28(3)17(32)27(12)2)13(30)26-16-25-10(6-33-16)9-4-22-15(23-5-9)18(19,20)21/h4-8H,1-3H3,(H,25,26,30)/t8-/m0/s1. The average Bonchev–Trinajstić information content (AvgIpc) is 3.42. The van der Waals surface area contributed by atoms with Crippen molar-refractivity contribution in [2.24, 2.45) is 14.1 Å². The molecular formula is C18H15F3N8O3S. The molecule has 0 unspecified atom stereocenters. The average molecular weight is 480 g/mol. The van der Waals surface area contributed by atoms with Crippen LogP contribution in [0.3, 0.4) is 0 Å². The molecule has 4 aromatic rings. The van der Waals surface area contributed by atoms with Crippen LogP contribution < -0.4 is 16.6 Å². The van der Waals surface area contributed by atoms with Crippen LogP contribution in [0, 0.1) is 0 Å². The van der Waals surface area contributed by atoms with E-state index in [-0.39, 0.29) is 27.6 Å². The number of imidazole rings is 1. The van der Waals surface area contributed by atoms with Gasteiger partial charge in [-0.1, -0.05) is 0 Å². The molecule has 33 heavy (non-hydrogen) atoms. The molecule has 0 radical (unpaired) electrons. The van der Waals surface area contributed by atoms with Crippen LogP contribution in [-0.4, -0.2) is 39.5 Å². The second-order valence-electron chi connectivity index (χ2n) is 7.03. The normalized spacial score (nSPS) is 12.8. The van der Waals surface area contributed by atoms with Gasteiger partial charge in [0.15, 0.2) is 16.3 Å². The first-order valence-corrected chi connectivity index (χ1v) is 10.2. The highest BCUT2D eigenvalue weighted by Crippen LogP contribution is 2.28. The van der Waals surface area contributed by atoms with E-state index in [4.69, 9.17) is 0 Å². The van der Waals surface area contributed by atoms with Gasteiger partial charge < -0.3 is 9.88 Å². The smallest absolute Gasteiger partial charge is 0.312 e. The fourth-order valence-corrected chi connectivity index (χ4v) is 3.79. The highest BCUT2D eigenvalue weighted by molar-refractivity contribution is 7.14. The van der Waals surface area contributed by atoms with Crippen molar-refractivity contribution in [3.8, 4) is 11.3 Å². The van der Waals surface area contributed by atoms with Crippen molar-refractivity contribution in [2.75, 3.05) is 5.32 Å². The highest BCUT2D eigenvalue weighted by Gasteiger charge is 2.34. The number of thiazole rings is 1. The van der Waals surface area contributed by atoms with Gasteiger partial charge in [-0.2, -0.15) is 13.2 Å². The summed E-state index contributed by atoms with van der Waals surface area (Å²) in [5.41, 5.74) is -0.376. The first-order valence-electron chi connectivity index (χ1n) is 9.27. The van der Waals surface area contributed by atoms with Crippen LogP contribution in [0.1, 0.15) is 18.8 Å². The molecule has 4 aromatic heterocycles. The summed E-state index contributed by atoms with van der Waals surface area (Å²) >= 11 is 1.05. The van der Waals surface area contributed by atoms with Crippen molar-refractivity contribution in [1.82, 2.24) is 33.6 Å². The minimum Gasteiger partial charge on any atom is -0.312 e. The second kappa shape index (κ2) is 7.91. The maximum absolute atomic E-state index is 12.8. The van der Waals surface area contributed by atoms with Crippen LogP contribution in [0.4, 0.5) is 18.3 Å². The Morgan fingerprint density at radius 2 is 1.79 bits per heavy atom. The van der Waals surface area contributed by atoms with Gasteiger partial charge in [0, 0.05) is 37.4 Å². The van der Waals surface area contributed by atoms with Crippen molar-refractivity contribution in [3.63, 3.8) is 0 Å². The molecule has 172 valence electrons. The van der Waals surface area contributed by atoms with Gasteiger partial charge in [0.2, 0.25) is 11.7 Å². The van der Waals surface area contributed by atoms with Gasteiger partial charge in [-0.25, -0.2) is 24.7 Å². The third-order valence-electron chi connectivity index (χ3n) is 4.91. The van der Waals surface area contributed by atoms with E-state index in [0.717, 1.165) is 28.3 Å². The van der Waals surface area contributed by atoms with Gasteiger partial charge >= 0.3 is 11.9 Å². The monoisotopic (exact) mass is 480 g/mol. The molecule has 1 amide bonds. The lowest BCUT2D eigenvalue weighted by Gasteiger charge is -2.13. The number of aryl methyl sites for hydroxylation is 1. The molecule has 0 aliphatic heterocycles. The zero-order valence-corrected chi connectivity index (χ0v) is 18.1. The lowest BCUT2D eigenvalue weighted by atomic mass is 10.3. The predicted octanol–water partition coefficient (Wildman–Crippen LogP) is 1.57. The molecule has 0 aliphatic carbocycles.